The molecule has 0 N–H and O–H groups in total. The van der Waals surface area contributed by atoms with Crippen LogP contribution in [0, 0.1) is 0 Å². The van der Waals surface area contributed by atoms with Crippen LogP contribution in [-0.2, 0) is 0 Å². The molecule has 43 heavy (non-hydrogen) atoms. The molecule has 0 aliphatic carbocycles. The average Bonchev–Trinajstić information content (AvgIpc) is 3.79. The van der Waals surface area contributed by atoms with E-state index >= 15 is 0 Å². The number of benzene rings is 6. The van der Waals surface area contributed by atoms with Crippen LogP contribution in [0.15, 0.2) is 130 Å². The van der Waals surface area contributed by atoms with Gasteiger partial charge in [-0.3, -0.25) is 4.40 Å². The van der Waals surface area contributed by atoms with Crippen molar-refractivity contribution in [2.45, 2.75) is 0 Å². The Morgan fingerprint density at radius 1 is 0.488 bits per heavy atom. The van der Waals surface area contributed by atoms with E-state index in [1.54, 1.807) is 0 Å². The highest BCUT2D eigenvalue weighted by Gasteiger charge is 2.24. The van der Waals surface area contributed by atoms with Gasteiger partial charge >= 0.3 is 0 Å². The van der Waals surface area contributed by atoms with E-state index in [9.17, 15) is 0 Å². The number of para-hydroxylation sites is 3. The molecule has 0 bridgehead atoms. The molecule has 0 saturated carbocycles. The quantitative estimate of drug-likeness (QED) is 0.205. The maximum atomic E-state index is 6.59. The van der Waals surface area contributed by atoms with Crippen LogP contribution in [0.2, 0.25) is 0 Å². The molecule has 0 aliphatic heterocycles. The summed E-state index contributed by atoms with van der Waals surface area (Å²) in [4.78, 5) is 5.26. The number of rotatable bonds is 1. The summed E-state index contributed by atoms with van der Waals surface area (Å²) in [5, 5.41) is 10.3. The Bertz CT molecular complexity index is 2960. The lowest BCUT2D eigenvalue weighted by atomic mass is 10.00. The van der Waals surface area contributed by atoms with Crippen LogP contribution in [0.25, 0.3) is 104 Å². The normalized spacial score (nSPS) is 12.7. The maximum absolute atomic E-state index is 6.59. The molecule has 11 rings (SSSR count). The predicted octanol–water partition coefficient (Wildman–Crippen LogP) is 10.9. The molecule has 5 aromatic heterocycles. The SMILES string of the molecule is c1ccc2nc3c(cc2c1)c1c2oc4ccccc4c2cc2c4ccc(-c5ccc6oc7ccccc7c6c5)cc4n3c21. The van der Waals surface area contributed by atoms with Crippen molar-refractivity contribution in [2.75, 3.05) is 0 Å². The van der Waals surface area contributed by atoms with Gasteiger partial charge in [-0.2, -0.15) is 0 Å². The summed E-state index contributed by atoms with van der Waals surface area (Å²) in [6.07, 6.45) is 0. The molecule has 198 valence electrons. The maximum Gasteiger partial charge on any atom is 0.146 e. The zero-order valence-electron chi connectivity index (χ0n) is 22.8. The van der Waals surface area contributed by atoms with Crippen molar-refractivity contribution in [1.82, 2.24) is 9.38 Å². The summed E-state index contributed by atoms with van der Waals surface area (Å²) < 4.78 is 15.1. The van der Waals surface area contributed by atoms with Gasteiger partial charge in [-0.25, -0.2) is 4.98 Å². The van der Waals surface area contributed by atoms with Gasteiger partial charge in [0.25, 0.3) is 0 Å². The largest absolute Gasteiger partial charge is 0.456 e. The molecule has 4 heteroatoms. The van der Waals surface area contributed by atoms with Crippen molar-refractivity contribution in [3.05, 3.63) is 121 Å². The Morgan fingerprint density at radius 2 is 1.21 bits per heavy atom. The smallest absolute Gasteiger partial charge is 0.146 e. The molecule has 0 unspecified atom stereocenters. The second-order valence-electron chi connectivity index (χ2n) is 11.6. The highest BCUT2D eigenvalue weighted by Crippen LogP contribution is 2.46. The standard InChI is InChI=1S/C39H20N2O2/c1-4-10-31-23(7-1)18-30-36-37-28(20-29-26-9-3-6-12-34(26)43-38(29)36)24-15-13-22(19-32(24)41(37)39(30)40-31)21-14-16-35-27(17-21)25-8-2-5-11-33(25)42-35/h1-20H. The van der Waals surface area contributed by atoms with Gasteiger partial charge in [-0.1, -0.05) is 72.8 Å². The van der Waals surface area contributed by atoms with Gasteiger partial charge in [0.2, 0.25) is 0 Å². The number of nitrogens with zero attached hydrogens (tertiary/aromatic N) is 2. The fourth-order valence-corrected chi connectivity index (χ4v) is 7.37. The van der Waals surface area contributed by atoms with Crippen molar-refractivity contribution in [2.24, 2.45) is 0 Å². The first kappa shape index (κ1) is 21.8. The monoisotopic (exact) mass is 548 g/mol. The van der Waals surface area contributed by atoms with Crippen molar-refractivity contribution < 1.29 is 8.83 Å². The molecule has 0 saturated heterocycles. The summed E-state index contributed by atoms with van der Waals surface area (Å²) in [6.45, 7) is 0. The van der Waals surface area contributed by atoms with Gasteiger partial charge in [0.05, 0.1) is 21.9 Å². The van der Waals surface area contributed by atoms with E-state index in [2.05, 4.69) is 108 Å². The molecule has 4 nitrogen and oxygen atoms in total. The van der Waals surface area contributed by atoms with E-state index in [0.29, 0.717) is 0 Å². The van der Waals surface area contributed by atoms with Crippen LogP contribution in [0.3, 0.4) is 0 Å². The van der Waals surface area contributed by atoms with Crippen LogP contribution >= 0.6 is 0 Å². The van der Waals surface area contributed by atoms with E-state index < -0.39 is 0 Å². The second-order valence-corrected chi connectivity index (χ2v) is 11.6. The summed E-state index contributed by atoms with van der Waals surface area (Å²) in [5.74, 6) is 0. The molecule has 0 atom stereocenters. The Balaban J connectivity index is 1.30. The number of pyridine rings is 1. The van der Waals surface area contributed by atoms with Crippen LogP contribution in [0.5, 0.6) is 0 Å². The van der Waals surface area contributed by atoms with Gasteiger partial charge in [0.15, 0.2) is 0 Å². The lowest BCUT2D eigenvalue weighted by Crippen LogP contribution is -1.87. The molecular formula is C39H20N2O2. The fourth-order valence-electron chi connectivity index (χ4n) is 7.37. The van der Waals surface area contributed by atoms with E-state index in [-0.39, 0.29) is 0 Å². The molecule has 5 heterocycles. The minimum absolute atomic E-state index is 0.905. The van der Waals surface area contributed by atoms with Crippen molar-refractivity contribution >= 4 is 93.0 Å². The summed E-state index contributed by atoms with van der Waals surface area (Å²) in [6, 6.07) is 42.8. The van der Waals surface area contributed by atoms with Gasteiger partial charge in [0, 0.05) is 43.1 Å². The van der Waals surface area contributed by atoms with E-state index in [1.807, 2.05) is 18.2 Å². The lowest BCUT2D eigenvalue weighted by molar-refractivity contribution is 0.669. The Labute approximate surface area is 243 Å². The van der Waals surface area contributed by atoms with Crippen molar-refractivity contribution in [3.63, 3.8) is 0 Å². The fraction of sp³-hybridized carbons (Fsp3) is 0. The van der Waals surface area contributed by atoms with Crippen molar-refractivity contribution in [1.29, 1.82) is 0 Å². The van der Waals surface area contributed by atoms with E-state index in [0.717, 1.165) is 93.4 Å². The van der Waals surface area contributed by atoms with Gasteiger partial charge in [-0.05, 0) is 59.7 Å². The molecule has 0 amide bonds. The molecule has 0 aliphatic rings. The van der Waals surface area contributed by atoms with E-state index in [4.69, 9.17) is 13.8 Å². The molecule has 0 radical (unpaired) electrons. The first-order valence-electron chi connectivity index (χ1n) is 14.5. The Hall–Kier alpha value is -5.87. The highest BCUT2D eigenvalue weighted by atomic mass is 16.3. The Kier molecular flexibility index (Phi) is 3.80. The third kappa shape index (κ3) is 2.69. The zero-order chi connectivity index (χ0) is 27.8. The third-order valence-electron chi connectivity index (χ3n) is 9.29. The van der Waals surface area contributed by atoms with Gasteiger partial charge in [-0.15, -0.1) is 0 Å². The molecule has 0 fully saturated rings. The Morgan fingerprint density at radius 3 is 2.12 bits per heavy atom. The van der Waals surface area contributed by atoms with Crippen LogP contribution in [0.4, 0.5) is 0 Å². The molecular weight excluding hydrogens is 528 g/mol. The van der Waals surface area contributed by atoms with Crippen molar-refractivity contribution in [3.8, 4) is 11.1 Å². The minimum atomic E-state index is 0.905. The topological polar surface area (TPSA) is 43.6 Å². The zero-order valence-corrected chi connectivity index (χ0v) is 22.8. The molecule has 0 spiro atoms. The lowest BCUT2D eigenvalue weighted by Gasteiger charge is -2.05. The third-order valence-corrected chi connectivity index (χ3v) is 9.29. The number of hydrogen-bond donors (Lipinski definition) is 0. The number of hydrogen-bond acceptors (Lipinski definition) is 3. The first-order valence-corrected chi connectivity index (χ1v) is 14.5. The predicted molar refractivity (Wildman–Crippen MR) is 176 cm³/mol. The molecule has 11 aromatic rings. The number of aromatic nitrogens is 2. The summed E-state index contributed by atoms with van der Waals surface area (Å²) in [7, 11) is 0. The number of furan rings is 2. The highest BCUT2D eigenvalue weighted by molar-refractivity contribution is 6.33. The molecule has 6 aromatic carbocycles. The van der Waals surface area contributed by atoms with Crippen LogP contribution in [0.1, 0.15) is 0 Å². The number of fused-ring (bicyclic) bond motifs is 14. The van der Waals surface area contributed by atoms with Crippen LogP contribution in [-0.4, -0.2) is 9.38 Å². The second kappa shape index (κ2) is 7.50. The van der Waals surface area contributed by atoms with E-state index in [1.165, 1.54) is 10.8 Å². The first-order chi connectivity index (χ1) is 21.3. The minimum Gasteiger partial charge on any atom is -0.456 e. The summed E-state index contributed by atoms with van der Waals surface area (Å²) in [5.41, 5.74) is 10.2. The van der Waals surface area contributed by atoms with Crippen LogP contribution < -0.4 is 0 Å². The summed E-state index contributed by atoms with van der Waals surface area (Å²) >= 11 is 0. The average molecular weight is 549 g/mol. The van der Waals surface area contributed by atoms with Gasteiger partial charge < -0.3 is 8.83 Å². The van der Waals surface area contributed by atoms with Gasteiger partial charge in [0.1, 0.15) is 28.0 Å².